The SMILES string of the molecule is Cc1cc(OCC(=O)N(CC(C)C)c2c(N)n(Cc3ccccc3)c(=O)[nH]c2=O)ccc1Cl. The summed E-state index contributed by atoms with van der Waals surface area (Å²) in [5, 5.41) is 0.593. The Morgan fingerprint density at radius 1 is 1.18 bits per heavy atom. The first-order valence-corrected chi connectivity index (χ1v) is 10.9. The van der Waals surface area contributed by atoms with E-state index in [1.54, 1.807) is 18.2 Å². The summed E-state index contributed by atoms with van der Waals surface area (Å²) < 4.78 is 6.89. The van der Waals surface area contributed by atoms with Crippen LogP contribution in [0, 0.1) is 12.8 Å². The molecule has 2 aromatic carbocycles. The standard InChI is InChI=1S/C24H27ClN4O4/c1-15(2)12-28(20(30)14-33-18-9-10-19(25)16(3)11-18)21-22(26)29(24(32)27-23(21)31)13-17-7-5-4-6-8-17/h4-11,15H,12-14,26H2,1-3H3,(H,27,31,32). The third kappa shape index (κ3) is 5.84. The van der Waals surface area contributed by atoms with Crippen LogP contribution in [-0.4, -0.2) is 28.6 Å². The number of nitrogens with zero attached hydrogens (tertiary/aromatic N) is 2. The minimum absolute atomic E-state index is 0.0278. The van der Waals surface area contributed by atoms with Crippen LogP contribution >= 0.6 is 11.6 Å². The summed E-state index contributed by atoms with van der Waals surface area (Å²) in [4.78, 5) is 42.0. The summed E-state index contributed by atoms with van der Waals surface area (Å²) in [7, 11) is 0. The van der Waals surface area contributed by atoms with E-state index in [-0.39, 0.29) is 37.1 Å². The van der Waals surface area contributed by atoms with Gasteiger partial charge in [0.15, 0.2) is 12.3 Å². The molecular formula is C24H27ClN4O4. The Labute approximate surface area is 196 Å². The number of hydrogen-bond donors (Lipinski definition) is 2. The van der Waals surface area contributed by atoms with Crippen molar-refractivity contribution in [1.29, 1.82) is 0 Å². The van der Waals surface area contributed by atoms with Gasteiger partial charge in [0, 0.05) is 11.6 Å². The second kappa shape index (κ2) is 10.4. The minimum atomic E-state index is -0.724. The molecule has 3 N–H and O–H groups in total. The van der Waals surface area contributed by atoms with Gasteiger partial charge < -0.3 is 15.4 Å². The van der Waals surface area contributed by atoms with Crippen molar-refractivity contribution in [2.24, 2.45) is 5.92 Å². The Hall–Kier alpha value is -3.52. The number of ether oxygens (including phenoxy) is 1. The van der Waals surface area contributed by atoms with E-state index in [9.17, 15) is 14.4 Å². The van der Waals surface area contributed by atoms with E-state index in [0.29, 0.717) is 10.8 Å². The van der Waals surface area contributed by atoms with Crippen LogP contribution in [0.15, 0.2) is 58.1 Å². The highest BCUT2D eigenvalue weighted by Gasteiger charge is 2.25. The first kappa shape index (κ1) is 24.1. The van der Waals surface area contributed by atoms with Crippen LogP contribution in [0.5, 0.6) is 5.75 Å². The summed E-state index contributed by atoms with van der Waals surface area (Å²) in [5.41, 5.74) is 6.49. The van der Waals surface area contributed by atoms with Gasteiger partial charge in [-0.05, 0) is 42.2 Å². The van der Waals surface area contributed by atoms with E-state index in [1.807, 2.05) is 51.1 Å². The van der Waals surface area contributed by atoms with Crippen LogP contribution in [0.1, 0.15) is 25.0 Å². The number of H-pyrrole nitrogens is 1. The molecule has 1 amide bonds. The van der Waals surface area contributed by atoms with Gasteiger partial charge >= 0.3 is 5.69 Å². The lowest BCUT2D eigenvalue weighted by Gasteiger charge is -2.26. The first-order valence-electron chi connectivity index (χ1n) is 10.5. The van der Waals surface area contributed by atoms with Crippen LogP contribution in [0.4, 0.5) is 11.5 Å². The molecule has 0 fully saturated rings. The third-order valence-corrected chi connectivity index (χ3v) is 5.43. The molecule has 1 heterocycles. The van der Waals surface area contributed by atoms with Crippen LogP contribution in [-0.2, 0) is 11.3 Å². The summed E-state index contributed by atoms with van der Waals surface area (Å²) in [5.74, 6) is -0.0342. The maximum Gasteiger partial charge on any atom is 0.330 e. The zero-order valence-electron chi connectivity index (χ0n) is 18.8. The fraction of sp³-hybridized carbons (Fsp3) is 0.292. The number of rotatable bonds is 8. The fourth-order valence-corrected chi connectivity index (χ4v) is 3.49. The van der Waals surface area contributed by atoms with Gasteiger partial charge in [0.1, 0.15) is 11.6 Å². The van der Waals surface area contributed by atoms with Gasteiger partial charge in [-0.2, -0.15) is 0 Å². The highest BCUT2D eigenvalue weighted by atomic mass is 35.5. The van der Waals surface area contributed by atoms with E-state index >= 15 is 0 Å². The molecule has 0 aliphatic heterocycles. The Morgan fingerprint density at radius 2 is 1.88 bits per heavy atom. The second-order valence-corrected chi connectivity index (χ2v) is 8.57. The average molecular weight is 471 g/mol. The summed E-state index contributed by atoms with van der Waals surface area (Å²) >= 11 is 6.04. The number of anilines is 2. The molecule has 0 saturated carbocycles. The number of carbonyl (C=O) groups is 1. The zero-order valence-corrected chi connectivity index (χ0v) is 19.6. The molecule has 0 saturated heterocycles. The van der Waals surface area contributed by atoms with Crippen molar-refractivity contribution in [1.82, 2.24) is 9.55 Å². The van der Waals surface area contributed by atoms with Crippen LogP contribution in [0.25, 0.3) is 0 Å². The molecule has 0 bridgehead atoms. The average Bonchev–Trinajstić information content (AvgIpc) is 2.77. The number of nitrogens with two attached hydrogens (primary N) is 1. The van der Waals surface area contributed by atoms with Crippen molar-refractivity contribution in [2.45, 2.75) is 27.3 Å². The van der Waals surface area contributed by atoms with E-state index in [1.165, 1.54) is 9.47 Å². The molecule has 33 heavy (non-hydrogen) atoms. The lowest BCUT2D eigenvalue weighted by molar-refractivity contribution is -0.120. The van der Waals surface area contributed by atoms with E-state index < -0.39 is 17.2 Å². The molecule has 0 spiro atoms. The highest BCUT2D eigenvalue weighted by Crippen LogP contribution is 2.22. The molecule has 0 atom stereocenters. The topological polar surface area (TPSA) is 110 Å². The molecule has 0 aliphatic rings. The maximum absolute atomic E-state index is 13.1. The number of nitrogen functional groups attached to an aromatic ring is 1. The largest absolute Gasteiger partial charge is 0.484 e. The summed E-state index contributed by atoms with van der Waals surface area (Å²) in [6.45, 7) is 5.71. The quantitative estimate of drug-likeness (QED) is 0.525. The predicted molar refractivity (Wildman–Crippen MR) is 130 cm³/mol. The summed E-state index contributed by atoms with van der Waals surface area (Å²) in [6, 6.07) is 14.3. The number of halogens is 1. The molecular weight excluding hydrogens is 444 g/mol. The fourth-order valence-electron chi connectivity index (χ4n) is 3.37. The van der Waals surface area contributed by atoms with E-state index in [4.69, 9.17) is 22.1 Å². The molecule has 174 valence electrons. The van der Waals surface area contributed by atoms with Crippen molar-refractivity contribution in [3.63, 3.8) is 0 Å². The Balaban J connectivity index is 1.94. The zero-order chi connectivity index (χ0) is 24.1. The lowest BCUT2D eigenvalue weighted by atomic mass is 10.2. The smallest absolute Gasteiger partial charge is 0.330 e. The van der Waals surface area contributed by atoms with E-state index in [2.05, 4.69) is 4.98 Å². The molecule has 9 heteroatoms. The molecule has 0 unspecified atom stereocenters. The van der Waals surface area contributed by atoms with Gasteiger partial charge in [0.05, 0.1) is 6.54 Å². The maximum atomic E-state index is 13.1. The minimum Gasteiger partial charge on any atom is -0.484 e. The van der Waals surface area contributed by atoms with Crippen LogP contribution in [0.2, 0.25) is 5.02 Å². The molecule has 1 aromatic heterocycles. The molecule has 3 rings (SSSR count). The van der Waals surface area contributed by atoms with Gasteiger partial charge in [-0.3, -0.25) is 19.1 Å². The molecule has 3 aromatic rings. The van der Waals surface area contributed by atoms with Gasteiger partial charge in [-0.15, -0.1) is 0 Å². The number of nitrogens with one attached hydrogen (secondary N) is 1. The number of amides is 1. The van der Waals surface area contributed by atoms with Crippen molar-refractivity contribution in [3.05, 3.63) is 85.5 Å². The van der Waals surface area contributed by atoms with Gasteiger partial charge in [-0.25, -0.2) is 4.79 Å². The number of hydrogen-bond acceptors (Lipinski definition) is 5. The lowest BCUT2D eigenvalue weighted by Crippen LogP contribution is -2.44. The molecule has 8 nitrogen and oxygen atoms in total. The Morgan fingerprint density at radius 3 is 2.52 bits per heavy atom. The van der Waals surface area contributed by atoms with E-state index in [0.717, 1.165) is 11.1 Å². The van der Waals surface area contributed by atoms with Crippen molar-refractivity contribution < 1.29 is 9.53 Å². The van der Waals surface area contributed by atoms with Gasteiger partial charge in [0.25, 0.3) is 11.5 Å². The number of aromatic amines is 1. The molecule has 0 radical (unpaired) electrons. The van der Waals surface area contributed by atoms with Gasteiger partial charge in [-0.1, -0.05) is 55.8 Å². The monoisotopic (exact) mass is 470 g/mol. The number of aryl methyl sites for hydroxylation is 1. The van der Waals surface area contributed by atoms with Crippen LogP contribution in [0.3, 0.4) is 0 Å². The first-order chi connectivity index (χ1) is 15.7. The number of aromatic nitrogens is 2. The normalized spacial score (nSPS) is 10.9. The highest BCUT2D eigenvalue weighted by molar-refractivity contribution is 6.31. The Kier molecular flexibility index (Phi) is 7.60. The van der Waals surface area contributed by atoms with Crippen molar-refractivity contribution in [2.75, 3.05) is 23.8 Å². The third-order valence-electron chi connectivity index (χ3n) is 5.01. The van der Waals surface area contributed by atoms with Crippen molar-refractivity contribution >= 4 is 29.0 Å². The number of benzene rings is 2. The summed E-state index contributed by atoms with van der Waals surface area (Å²) in [6.07, 6.45) is 0. The van der Waals surface area contributed by atoms with Crippen molar-refractivity contribution in [3.8, 4) is 5.75 Å². The molecule has 0 aliphatic carbocycles. The van der Waals surface area contributed by atoms with Gasteiger partial charge in [0.2, 0.25) is 0 Å². The van der Waals surface area contributed by atoms with Crippen LogP contribution < -0.4 is 26.6 Å². The Bertz CT molecular complexity index is 1250. The number of carbonyl (C=O) groups excluding carboxylic acids is 1. The second-order valence-electron chi connectivity index (χ2n) is 8.16. The predicted octanol–water partition coefficient (Wildman–Crippen LogP) is 3.20.